The van der Waals surface area contributed by atoms with Gasteiger partial charge in [0.2, 0.25) is 17.1 Å². The molecular weight excluding hydrogens is 508 g/mol. The van der Waals surface area contributed by atoms with E-state index in [0.717, 1.165) is 27.6 Å². The first kappa shape index (κ1) is 21.0. The van der Waals surface area contributed by atoms with E-state index in [-0.39, 0.29) is 6.04 Å². The van der Waals surface area contributed by atoms with E-state index in [4.69, 9.17) is 4.42 Å². The molecule has 3 aliphatic rings. The molecule has 3 nitrogen and oxygen atoms in total. The van der Waals surface area contributed by atoms with Crippen LogP contribution in [-0.2, 0) is 0 Å². The Balaban J connectivity index is 1.29. The number of thiophene rings is 1. The predicted molar refractivity (Wildman–Crippen MR) is 169 cm³/mol. The molecule has 0 radical (unpaired) electrons. The number of hydrogen-bond donors (Lipinski definition) is 0. The van der Waals surface area contributed by atoms with Crippen LogP contribution in [0.25, 0.3) is 47.7 Å². The van der Waals surface area contributed by atoms with Crippen molar-refractivity contribution in [1.29, 1.82) is 0 Å². The molecule has 4 heterocycles. The van der Waals surface area contributed by atoms with Gasteiger partial charge in [0.1, 0.15) is 22.9 Å². The van der Waals surface area contributed by atoms with Crippen molar-refractivity contribution < 1.29 is 4.42 Å². The topological polar surface area (TPSA) is 19.4 Å². The fourth-order valence-corrected chi connectivity index (χ4v) is 8.21. The van der Waals surface area contributed by atoms with Crippen molar-refractivity contribution in [3.05, 3.63) is 127 Å². The Morgan fingerprint density at radius 3 is 2.52 bits per heavy atom. The number of nitrogens with zero attached hydrogens (tertiary/aromatic N) is 2. The fourth-order valence-electron chi connectivity index (χ4n) is 7.11. The van der Waals surface area contributed by atoms with Gasteiger partial charge in [0.25, 0.3) is 0 Å². The van der Waals surface area contributed by atoms with Crippen LogP contribution in [0.15, 0.2) is 126 Å². The van der Waals surface area contributed by atoms with Gasteiger partial charge in [-0.3, -0.25) is 0 Å². The lowest BCUT2D eigenvalue weighted by atomic mass is 9.92. The molecule has 7 aromatic rings. The largest absolute Gasteiger partial charge is 0.456 e. The first-order valence-corrected chi connectivity index (χ1v) is 14.5. The summed E-state index contributed by atoms with van der Waals surface area (Å²) in [4.78, 5) is 2.60. The smallest absolute Gasteiger partial charge is 0.235 e. The average molecular weight is 530 g/mol. The van der Waals surface area contributed by atoms with Gasteiger partial charge in [0, 0.05) is 60.8 Å². The van der Waals surface area contributed by atoms with Crippen LogP contribution in [-0.4, -0.2) is 11.8 Å². The van der Waals surface area contributed by atoms with Crippen LogP contribution in [0.4, 0.5) is 22.7 Å². The maximum Gasteiger partial charge on any atom is 0.235 e. The molecule has 1 aliphatic carbocycles. The summed E-state index contributed by atoms with van der Waals surface area (Å²) in [5, 5.41) is 4.99. The van der Waals surface area contributed by atoms with Crippen molar-refractivity contribution in [2.45, 2.75) is 6.04 Å². The number of fused-ring (bicyclic) bond motifs is 12. The van der Waals surface area contributed by atoms with Crippen molar-refractivity contribution in [1.82, 2.24) is 4.58 Å². The molecule has 0 bridgehead atoms. The van der Waals surface area contributed by atoms with E-state index in [2.05, 4.69) is 119 Å². The van der Waals surface area contributed by atoms with Crippen molar-refractivity contribution in [3.63, 3.8) is 0 Å². The van der Waals surface area contributed by atoms with E-state index in [1.54, 1.807) is 0 Å². The highest BCUT2D eigenvalue weighted by atomic mass is 32.1. The molecule has 2 aromatic heterocycles. The SMILES string of the molecule is C1=CC2=[N+](c3ccc4oc5ccccc5c4c3)c3ccccc3N3c4c(ccc5sc6ccccc6c45)C(=C1)C23. The molecule has 10 rings (SSSR count). The minimum Gasteiger partial charge on any atom is -0.456 e. The molecular formula is C36H21N2OS+. The van der Waals surface area contributed by atoms with Gasteiger partial charge in [-0.1, -0.05) is 66.7 Å². The molecule has 2 aliphatic heterocycles. The lowest BCUT2D eigenvalue weighted by molar-refractivity contribution is 0.669. The summed E-state index contributed by atoms with van der Waals surface area (Å²) < 4.78 is 11.3. The van der Waals surface area contributed by atoms with E-state index >= 15 is 0 Å². The third kappa shape index (κ3) is 2.52. The second-order valence-corrected chi connectivity index (χ2v) is 11.8. The number of hydrogen-bond acceptors (Lipinski definition) is 3. The van der Waals surface area contributed by atoms with Crippen molar-refractivity contribution in [3.8, 4) is 0 Å². The lowest BCUT2D eigenvalue weighted by Crippen LogP contribution is -2.43. The molecule has 186 valence electrons. The summed E-state index contributed by atoms with van der Waals surface area (Å²) in [5.41, 5.74) is 10.7. The quantitative estimate of drug-likeness (QED) is 0.197. The molecule has 0 saturated heterocycles. The third-order valence-electron chi connectivity index (χ3n) is 8.70. The van der Waals surface area contributed by atoms with Gasteiger partial charge in [-0.2, -0.15) is 4.58 Å². The second kappa shape index (κ2) is 7.38. The van der Waals surface area contributed by atoms with Crippen LogP contribution in [0.5, 0.6) is 0 Å². The van der Waals surface area contributed by atoms with Crippen LogP contribution in [0, 0.1) is 0 Å². The van der Waals surface area contributed by atoms with Crippen molar-refractivity contribution in [2.75, 3.05) is 4.90 Å². The molecule has 40 heavy (non-hydrogen) atoms. The Bertz CT molecular complexity index is 2350. The van der Waals surface area contributed by atoms with Crippen molar-refractivity contribution in [2.24, 2.45) is 0 Å². The van der Waals surface area contributed by atoms with E-state index in [1.165, 1.54) is 54.1 Å². The average Bonchev–Trinajstić information content (AvgIpc) is 3.67. The minimum atomic E-state index is 0.107. The molecule has 0 fully saturated rings. The zero-order valence-electron chi connectivity index (χ0n) is 21.3. The number of allylic oxidation sites excluding steroid dienone is 2. The molecule has 5 aromatic carbocycles. The first-order valence-electron chi connectivity index (χ1n) is 13.6. The summed E-state index contributed by atoms with van der Waals surface area (Å²) >= 11 is 1.89. The van der Waals surface area contributed by atoms with E-state index in [0.29, 0.717) is 0 Å². The summed E-state index contributed by atoms with van der Waals surface area (Å²) in [7, 11) is 0. The Morgan fingerprint density at radius 2 is 1.55 bits per heavy atom. The van der Waals surface area contributed by atoms with Gasteiger partial charge in [-0.05, 0) is 35.9 Å². The molecule has 1 atom stereocenters. The van der Waals surface area contributed by atoms with Gasteiger partial charge in [0.05, 0.1) is 5.69 Å². The summed E-state index contributed by atoms with van der Waals surface area (Å²) in [6.45, 7) is 0. The normalized spacial score (nSPS) is 17.1. The van der Waals surface area contributed by atoms with E-state index in [9.17, 15) is 0 Å². The third-order valence-corrected chi connectivity index (χ3v) is 9.84. The summed E-state index contributed by atoms with van der Waals surface area (Å²) in [5.74, 6) is 0. The molecule has 0 saturated carbocycles. The number of para-hydroxylation sites is 3. The van der Waals surface area contributed by atoms with Gasteiger partial charge in [-0.25, -0.2) is 0 Å². The Morgan fingerprint density at radius 1 is 0.725 bits per heavy atom. The minimum absolute atomic E-state index is 0.107. The monoisotopic (exact) mass is 529 g/mol. The summed E-state index contributed by atoms with van der Waals surface area (Å²) in [6, 6.07) is 37.4. The second-order valence-electron chi connectivity index (χ2n) is 10.7. The number of benzene rings is 5. The Kier molecular flexibility index (Phi) is 3.87. The van der Waals surface area contributed by atoms with Crippen LogP contribution in [0.3, 0.4) is 0 Å². The van der Waals surface area contributed by atoms with Crippen LogP contribution < -0.4 is 9.48 Å². The highest BCUT2D eigenvalue weighted by Crippen LogP contribution is 2.56. The van der Waals surface area contributed by atoms with Crippen LogP contribution in [0.2, 0.25) is 0 Å². The molecule has 1 unspecified atom stereocenters. The molecule has 0 amide bonds. The fraction of sp³-hybridized carbons (Fsp3) is 0.0278. The highest BCUT2D eigenvalue weighted by molar-refractivity contribution is 7.26. The predicted octanol–water partition coefficient (Wildman–Crippen LogP) is 9.72. The number of rotatable bonds is 1. The first-order chi connectivity index (χ1) is 19.8. The highest BCUT2D eigenvalue weighted by Gasteiger charge is 2.49. The molecule has 4 heteroatoms. The maximum atomic E-state index is 6.17. The number of anilines is 2. The zero-order chi connectivity index (χ0) is 25.9. The zero-order valence-corrected chi connectivity index (χ0v) is 22.2. The van der Waals surface area contributed by atoms with E-state index < -0.39 is 0 Å². The molecule has 0 N–H and O–H groups in total. The molecule has 0 spiro atoms. The maximum absolute atomic E-state index is 6.17. The van der Waals surface area contributed by atoms with Crippen molar-refractivity contribution >= 4 is 87.5 Å². The Labute approximate surface area is 233 Å². The van der Waals surface area contributed by atoms with Crippen LogP contribution >= 0.6 is 11.3 Å². The van der Waals surface area contributed by atoms with Gasteiger partial charge in [0.15, 0.2) is 0 Å². The standard InChI is InChI=1S/C36H21N2OS/c1-5-14-30-22(8-1)26-20-21(16-18-31(26)39-30)37-27-11-3-4-12-28(27)38-35-23(10-7-13-29(35)37)24-17-19-33-34(36(24)38)25-9-2-6-15-32(25)40-33/h1-20,35H/q+1. The summed E-state index contributed by atoms with van der Waals surface area (Å²) in [6.07, 6.45) is 6.83. The van der Waals surface area contributed by atoms with Gasteiger partial charge in [-0.15, -0.1) is 11.3 Å². The Hall–Kier alpha value is -4.93. The lowest BCUT2D eigenvalue weighted by Gasteiger charge is -2.33. The van der Waals surface area contributed by atoms with Crippen LogP contribution in [0.1, 0.15) is 5.56 Å². The van der Waals surface area contributed by atoms with Gasteiger partial charge < -0.3 is 9.32 Å². The van der Waals surface area contributed by atoms with E-state index in [1.807, 2.05) is 23.5 Å². The van der Waals surface area contributed by atoms with Gasteiger partial charge >= 0.3 is 0 Å². The number of furan rings is 1.